The fourth-order valence-corrected chi connectivity index (χ4v) is 3.57. The van der Waals surface area contributed by atoms with Crippen LogP contribution < -0.4 is 16.0 Å². The zero-order chi connectivity index (χ0) is 15.6. The molecule has 0 atom stereocenters. The molecule has 0 aromatic carbocycles. The predicted octanol–water partition coefficient (Wildman–Crippen LogP) is 2.18. The van der Waals surface area contributed by atoms with Gasteiger partial charge in [0.15, 0.2) is 5.96 Å². The molecular weight excluding hydrogens is 276 g/mol. The molecule has 22 heavy (non-hydrogen) atoms. The maximum absolute atomic E-state index is 11.9. The lowest BCUT2D eigenvalue weighted by Crippen LogP contribution is -2.45. The summed E-state index contributed by atoms with van der Waals surface area (Å²) in [6.07, 6.45) is 12.2. The van der Waals surface area contributed by atoms with Gasteiger partial charge in [-0.05, 0) is 31.6 Å². The van der Waals surface area contributed by atoms with E-state index in [0.717, 1.165) is 12.5 Å². The van der Waals surface area contributed by atoms with E-state index in [2.05, 4.69) is 20.9 Å². The number of hydrogen-bond acceptors (Lipinski definition) is 2. The van der Waals surface area contributed by atoms with Crippen molar-refractivity contribution < 1.29 is 4.79 Å². The van der Waals surface area contributed by atoms with Crippen LogP contribution in [0.2, 0.25) is 0 Å². The molecule has 5 nitrogen and oxygen atoms in total. The van der Waals surface area contributed by atoms with Crippen molar-refractivity contribution >= 4 is 11.9 Å². The first-order valence-electron chi connectivity index (χ1n) is 9.02. The summed E-state index contributed by atoms with van der Waals surface area (Å²) in [5, 5.41) is 9.74. The largest absolute Gasteiger partial charge is 0.355 e. The van der Waals surface area contributed by atoms with Crippen LogP contribution in [0.25, 0.3) is 0 Å². The van der Waals surface area contributed by atoms with Crippen molar-refractivity contribution in [3.05, 3.63) is 0 Å². The Morgan fingerprint density at radius 3 is 2.27 bits per heavy atom. The highest BCUT2D eigenvalue weighted by Gasteiger charge is 2.17. The first-order chi connectivity index (χ1) is 10.8. The van der Waals surface area contributed by atoms with E-state index in [0.29, 0.717) is 24.9 Å². The number of guanidine groups is 1. The molecule has 0 saturated heterocycles. The molecule has 0 heterocycles. The Balaban J connectivity index is 1.54. The molecule has 2 aliphatic carbocycles. The van der Waals surface area contributed by atoms with E-state index in [-0.39, 0.29) is 5.91 Å². The van der Waals surface area contributed by atoms with Crippen molar-refractivity contribution in [2.24, 2.45) is 10.9 Å². The van der Waals surface area contributed by atoms with Crippen LogP contribution >= 0.6 is 0 Å². The van der Waals surface area contributed by atoms with E-state index in [4.69, 9.17) is 0 Å². The van der Waals surface area contributed by atoms with Gasteiger partial charge < -0.3 is 16.0 Å². The molecule has 0 radical (unpaired) electrons. The SMILES string of the molecule is CN=C(NCCNC(=O)CC1CCCCC1)NC1CCCC1. The molecule has 2 rings (SSSR count). The number of carbonyl (C=O) groups is 1. The number of aliphatic imine (C=N–C) groups is 1. The Hall–Kier alpha value is -1.26. The van der Waals surface area contributed by atoms with Crippen LogP contribution in [0.15, 0.2) is 4.99 Å². The Morgan fingerprint density at radius 2 is 1.59 bits per heavy atom. The average Bonchev–Trinajstić information content (AvgIpc) is 3.04. The normalized spacial score (nSPS) is 20.9. The van der Waals surface area contributed by atoms with E-state index in [1.165, 1.54) is 57.8 Å². The highest BCUT2D eigenvalue weighted by Crippen LogP contribution is 2.25. The van der Waals surface area contributed by atoms with Crippen molar-refractivity contribution in [1.29, 1.82) is 0 Å². The van der Waals surface area contributed by atoms with Crippen LogP contribution in [0.4, 0.5) is 0 Å². The smallest absolute Gasteiger partial charge is 0.220 e. The van der Waals surface area contributed by atoms with E-state index < -0.39 is 0 Å². The summed E-state index contributed by atoms with van der Waals surface area (Å²) in [7, 11) is 1.80. The molecule has 2 fully saturated rings. The lowest BCUT2D eigenvalue weighted by atomic mass is 9.87. The standard InChI is InChI=1S/C17H32N4O/c1-18-17(21-15-9-5-6-10-15)20-12-11-19-16(22)13-14-7-3-2-4-8-14/h14-15H,2-13H2,1H3,(H,19,22)(H2,18,20,21). The van der Waals surface area contributed by atoms with Crippen molar-refractivity contribution in [2.45, 2.75) is 70.3 Å². The minimum absolute atomic E-state index is 0.201. The van der Waals surface area contributed by atoms with E-state index >= 15 is 0 Å². The van der Waals surface area contributed by atoms with Crippen molar-refractivity contribution in [1.82, 2.24) is 16.0 Å². The first-order valence-corrected chi connectivity index (χ1v) is 9.02. The van der Waals surface area contributed by atoms with Crippen LogP contribution in [0, 0.1) is 5.92 Å². The average molecular weight is 308 g/mol. The van der Waals surface area contributed by atoms with Crippen LogP contribution in [-0.4, -0.2) is 38.0 Å². The predicted molar refractivity (Wildman–Crippen MR) is 91.0 cm³/mol. The molecule has 2 saturated carbocycles. The monoisotopic (exact) mass is 308 g/mol. The van der Waals surface area contributed by atoms with Gasteiger partial charge >= 0.3 is 0 Å². The quantitative estimate of drug-likeness (QED) is 0.400. The molecular formula is C17H32N4O. The lowest BCUT2D eigenvalue weighted by molar-refractivity contribution is -0.122. The first kappa shape index (κ1) is 17.1. The third-order valence-corrected chi connectivity index (χ3v) is 4.86. The van der Waals surface area contributed by atoms with Gasteiger partial charge in [-0.2, -0.15) is 0 Å². The summed E-state index contributed by atoms with van der Waals surface area (Å²) in [6.45, 7) is 1.39. The molecule has 0 bridgehead atoms. The van der Waals surface area contributed by atoms with Gasteiger partial charge in [0.05, 0.1) is 0 Å². The number of nitrogens with one attached hydrogen (secondary N) is 3. The molecule has 5 heteroatoms. The maximum atomic E-state index is 11.9. The summed E-state index contributed by atoms with van der Waals surface area (Å²) in [5.41, 5.74) is 0. The van der Waals surface area contributed by atoms with E-state index in [9.17, 15) is 4.79 Å². The molecule has 2 aliphatic rings. The molecule has 0 aromatic heterocycles. The summed E-state index contributed by atoms with van der Waals surface area (Å²) in [5.74, 6) is 1.67. The molecule has 0 aliphatic heterocycles. The minimum Gasteiger partial charge on any atom is -0.355 e. The van der Waals surface area contributed by atoms with Crippen molar-refractivity contribution in [2.75, 3.05) is 20.1 Å². The third kappa shape index (κ3) is 6.24. The summed E-state index contributed by atoms with van der Waals surface area (Å²) in [6, 6.07) is 0.562. The van der Waals surface area contributed by atoms with Gasteiger partial charge in [0, 0.05) is 32.6 Å². The lowest BCUT2D eigenvalue weighted by Gasteiger charge is -2.21. The second-order valence-electron chi connectivity index (χ2n) is 6.68. The Labute approximate surface area is 134 Å². The summed E-state index contributed by atoms with van der Waals surface area (Å²) in [4.78, 5) is 16.2. The Bertz CT molecular complexity index is 358. The van der Waals surface area contributed by atoms with Crippen molar-refractivity contribution in [3.63, 3.8) is 0 Å². The maximum Gasteiger partial charge on any atom is 0.220 e. The van der Waals surface area contributed by atoms with Gasteiger partial charge in [-0.1, -0.05) is 32.1 Å². The molecule has 0 spiro atoms. The fourth-order valence-electron chi connectivity index (χ4n) is 3.57. The van der Waals surface area contributed by atoms with Gasteiger partial charge in [0.1, 0.15) is 0 Å². The highest BCUT2D eigenvalue weighted by molar-refractivity contribution is 5.80. The molecule has 0 aromatic rings. The zero-order valence-corrected chi connectivity index (χ0v) is 14.0. The molecule has 3 N–H and O–H groups in total. The molecule has 1 amide bonds. The van der Waals surface area contributed by atoms with E-state index in [1.54, 1.807) is 7.05 Å². The Morgan fingerprint density at radius 1 is 0.955 bits per heavy atom. The summed E-state index contributed by atoms with van der Waals surface area (Å²) >= 11 is 0. The summed E-state index contributed by atoms with van der Waals surface area (Å²) < 4.78 is 0. The third-order valence-electron chi connectivity index (χ3n) is 4.86. The van der Waals surface area contributed by atoms with Crippen LogP contribution in [-0.2, 0) is 4.79 Å². The van der Waals surface area contributed by atoms with Gasteiger partial charge in [-0.25, -0.2) is 0 Å². The van der Waals surface area contributed by atoms with Crippen LogP contribution in [0.3, 0.4) is 0 Å². The van der Waals surface area contributed by atoms with Crippen LogP contribution in [0.5, 0.6) is 0 Å². The number of nitrogens with zero attached hydrogens (tertiary/aromatic N) is 1. The van der Waals surface area contributed by atoms with Gasteiger partial charge in [-0.3, -0.25) is 9.79 Å². The van der Waals surface area contributed by atoms with Crippen LogP contribution in [0.1, 0.15) is 64.2 Å². The number of hydrogen-bond donors (Lipinski definition) is 3. The number of amides is 1. The zero-order valence-electron chi connectivity index (χ0n) is 14.0. The fraction of sp³-hybridized carbons (Fsp3) is 0.882. The van der Waals surface area contributed by atoms with Gasteiger partial charge in [-0.15, -0.1) is 0 Å². The molecule has 126 valence electrons. The second-order valence-corrected chi connectivity index (χ2v) is 6.68. The number of rotatable bonds is 6. The Kier molecular flexibility index (Phi) is 7.54. The van der Waals surface area contributed by atoms with E-state index in [1.807, 2.05) is 0 Å². The van der Waals surface area contributed by atoms with Crippen molar-refractivity contribution in [3.8, 4) is 0 Å². The highest BCUT2D eigenvalue weighted by atomic mass is 16.1. The second kappa shape index (κ2) is 9.70. The number of carbonyl (C=O) groups excluding carboxylic acids is 1. The van der Waals surface area contributed by atoms with Gasteiger partial charge in [0.2, 0.25) is 5.91 Å². The topological polar surface area (TPSA) is 65.5 Å². The van der Waals surface area contributed by atoms with Gasteiger partial charge in [0.25, 0.3) is 0 Å². The molecule has 0 unspecified atom stereocenters. The minimum atomic E-state index is 0.201.